The molecule has 3 nitrogen and oxygen atoms in total. The average molecular weight is 275 g/mol. The first-order valence-electron chi connectivity index (χ1n) is 6.42. The number of rotatable bonds is 3. The van der Waals surface area contributed by atoms with Crippen LogP contribution in [0.3, 0.4) is 0 Å². The Morgan fingerprint density at radius 2 is 2.00 bits per heavy atom. The molecule has 0 radical (unpaired) electrons. The van der Waals surface area contributed by atoms with Crippen molar-refractivity contribution < 1.29 is 8.42 Å². The van der Waals surface area contributed by atoms with Gasteiger partial charge in [-0.05, 0) is 25.0 Å². The Morgan fingerprint density at radius 1 is 1.32 bits per heavy atom. The standard InChI is InChI=1S/C15H17NO2S/c1-2-13-8-6-7-11-15(13,12-16)19(17,18)14-9-4-3-5-10-14/h2-5,9-10,13H,1,6-8,11H2/t13-,15-/m0/s1. The third-order valence-corrected chi connectivity index (χ3v) is 6.37. The lowest BCUT2D eigenvalue weighted by molar-refractivity contribution is 0.357. The van der Waals surface area contributed by atoms with Crippen LogP contribution < -0.4 is 0 Å². The Hall–Kier alpha value is -1.60. The van der Waals surface area contributed by atoms with Crippen molar-refractivity contribution in [3.05, 3.63) is 43.0 Å². The van der Waals surface area contributed by atoms with Gasteiger partial charge in [0.05, 0.1) is 11.0 Å². The molecule has 19 heavy (non-hydrogen) atoms. The molecule has 0 amide bonds. The first-order chi connectivity index (χ1) is 9.08. The van der Waals surface area contributed by atoms with Crippen LogP contribution in [0, 0.1) is 17.2 Å². The Bertz CT molecular complexity index is 601. The molecule has 2 rings (SSSR count). The molecular weight excluding hydrogens is 258 g/mol. The van der Waals surface area contributed by atoms with Gasteiger partial charge in [-0.3, -0.25) is 0 Å². The summed E-state index contributed by atoms with van der Waals surface area (Å²) in [5, 5.41) is 9.56. The fourth-order valence-electron chi connectivity index (χ4n) is 2.82. The number of hydrogen-bond acceptors (Lipinski definition) is 3. The maximum Gasteiger partial charge on any atom is 0.198 e. The molecule has 0 spiro atoms. The van der Waals surface area contributed by atoms with Crippen LogP contribution in [0.25, 0.3) is 0 Å². The quantitative estimate of drug-likeness (QED) is 0.796. The van der Waals surface area contributed by atoms with Gasteiger partial charge in [0.1, 0.15) is 0 Å². The van der Waals surface area contributed by atoms with Gasteiger partial charge in [-0.1, -0.05) is 37.1 Å². The van der Waals surface area contributed by atoms with E-state index >= 15 is 0 Å². The number of allylic oxidation sites excluding steroid dienone is 1. The van der Waals surface area contributed by atoms with Crippen molar-refractivity contribution in [3.8, 4) is 6.07 Å². The maximum atomic E-state index is 12.8. The monoisotopic (exact) mass is 275 g/mol. The highest BCUT2D eigenvalue weighted by atomic mass is 32.2. The highest BCUT2D eigenvalue weighted by Gasteiger charge is 2.51. The van der Waals surface area contributed by atoms with Crippen molar-refractivity contribution in [3.63, 3.8) is 0 Å². The molecule has 4 heteroatoms. The molecule has 0 aliphatic heterocycles. The summed E-state index contributed by atoms with van der Waals surface area (Å²) < 4.78 is 24.3. The molecule has 100 valence electrons. The third kappa shape index (κ3) is 2.08. The predicted molar refractivity (Wildman–Crippen MR) is 74.1 cm³/mol. The van der Waals surface area contributed by atoms with Crippen molar-refractivity contribution in [2.75, 3.05) is 0 Å². The first-order valence-corrected chi connectivity index (χ1v) is 7.90. The topological polar surface area (TPSA) is 57.9 Å². The molecular formula is C15H17NO2S. The van der Waals surface area contributed by atoms with Gasteiger partial charge in [-0.2, -0.15) is 5.26 Å². The number of nitrogens with zero attached hydrogens (tertiary/aromatic N) is 1. The van der Waals surface area contributed by atoms with Gasteiger partial charge in [0.15, 0.2) is 14.6 Å². The maximum absolute atomic E-state index is 12.8. The Morgan fingerprint density at radius 3 is 2.58 bits per heavy atom. The molecule has 1 aromatic carbocycles. The van der Waals surface area contributed by atoms with E-state index in [1.54, 1.807) is 36.4 Å². The summed E-state index contributed by atoms with van der Waals surface area (Å²) in [6, 6.07) is 10.4. The molecule has 1 aliphatic carbocycles. The smallest absolute Gasteiger partial charge is 0.198 e. The fourth-order valence-corrected chi connectivity index (χ4v) is 4.90. The summed E-state index contributed by atoms with van der Waals surface area (Å²) in [6.07, 6.45) is 4.44. The van der Waals surface area contributed by atoms with Crippen LogP contribution >= 0.6 is 0 Å². The minimum atomic E-state index is -3.67. The zero-order chi connectivity index (χ0) is 13.9. The van der Waals surface area contributed by atoms with E-state index in [2.05, 4.69) is 12.6 Å². The highest BCUT2D eigenvalue weighted by Crippen LogP contribution is 2.43. The van der Waals surface area contributed by atoms with Crippen molar-refractivity contribution in [1.82, 2.24) is 0 Å². The number of benzene rings is 1. The van der Waals surface area contributed by atoms with E-state index in [0.717, 1.165) is 12.8 Å². The van der Waals surface area contributed by atoms with Crippen LogP contribution in [-0.2, 0) is 9.84 Å². The number of sulfone groups is 1. The number of nitriles is 1. The van der Waals surface area contributed by atoms with E-state index in [0.29, 0.717) is 12.8 Å². The molecule has 1 aliphatic rings. The molecule has 1 fully saturated rings. The lowest BCUT2D eigenvalue weighted by Gasteiger charge is -2.36. The largest absolute Gasteiger partial charge is 0.222 e. The van der Waals surface area contributed by atoms with E-state index in [1.165, 1.54) is 0 Å². The van der Waals surface area contributed by atoms with Crippen molar-refractivity contribution in [2.24, 2.45) is 5.92 Å². The van der Waals surface area contributed by atoms with E-state index in [1.807, 2.05) is 0 Å². The molecule has 0 aromatic heterocycles. The van der Waals surface area contributed by atoms with E-state index < -0.39 is 14.6 Å². The van der Waals surface area contributed by atoms with Crippen molar-refractivity contribution >= 4 is 9.84 Å². The van der Waals surface area contributed by atoms with Crippen molar-refractivity contribution in [2.45, 2.75) is 35.3 Å². The Kier molecular flexibility index (Phi) is 3.77. The van der Waals surface area contributed by atoms with Crippen LogP contribution in [0.4, 0.5) is 0 Å². The predicted octanol–water partition coefficient (Wildman–Crippen LogP) is 3.10. The Labute approximate surface area is 114 Å². The lowest BCUT2D eigenvalue weighted by atomic mass is 9.79. The summed E-state index contributed by atoms with van der Waals surface area (Å²) in [7, 11) is -3.67. The van der Waals surface area contributed by atoms with E-state index in [4.69, 9.17) is 0 Å². The molecule has 0 heterocycles. The molecule has 1 aromatic rings. The zero-order valence-electron chi connectivity index (χ0n) is 10.7. The molecule has 1 saturated carbocycles. The molecule has 2 atom stereocenters. The summed E-state index contributed by atoms with van der Waals surface area (Å²) in [5.41, 5.74) is 0. The van der Waals surface area contributed by atoms with Gasteiger partial charge < -0.3 is 0 Å². The van der Waals surface area contributed by atoms with E-state index in [-0.39, 0.29) is 10.8 Å². The van der Waals surface area contributed by atoms with Crippen LogP contribution in [-0.4, -0.2) is 13.2 Å². The van der Waals surface area contributed by atoms with Gasteiger partial charge in [0.25, 0.3) is 0 Å². The SMILES string of the molecule is C=C[C@H]1CCCC[C@@]1(C#N)S(=O)(=O)c1ccccc1. The minimum Gasteiger partial charge on any atom is -0.222 e. The average Bonchev–Trinajstić information content (AvgIpc) is 2.47. The van der Waals surface area contributed by atoms with Crippen LogP contribution in [0.1, 0.15) is 25.7 Å². The zero-order valence-corrected chi connectivity index (χ0v) is 11.6. The molecule has 0 saturated heterocycles. The Balaban J connectivity index is 2.58. The fraction of sp³-hybridized carbons (Fsp3) is 0.400. The second-order valence-corrected chi connectivity index (χ2v) is 7.11. The van der Waals surface area contributed by atoms with Crippen LogP contribution in [0.15, 0.2) is 47.9 Å². The minimum absolute atomic E-state index is 0.227. The third-order valence-electron chi connectivity index (χ3n) is 3.92. The number of hydrogen-bond donors (Lipinski definition) is 0. The lowest BCUT2D eigenvalue weighted by Crippen LogP contribution is -2.45. The van der Waals surface area contributed by atoms with Gasteiger partial charge in [-0.25, -0.2) is 8.42 Å². The van der Waals surface area contributed by atoms with Gasteiger partial charge in [-0.15, -0.1) is 6.58 Å². The first kappa shape index (κ1) is 13.8. The molecule has 0 unspecified atom stereocenters. The molecule has 0 bridgehead atoms. The van der Waals surface area contributed by atoms with Crippen molar-refractivity contribution in [1.29, 1.82) is 5.26 Å². The highest BCUT2D eigenvalue weighted by molar-refractivity contribution is 7.93. The second-order valence-electron chi connectivity index (χ2n) is 4.91. The molecule has 0 N–H and O–H groups in total. The van der Waals surface area contributed by atoms with Crippen LogP contribution in [0.2, 0.25) is 0 Å². The normalized spacial score (nSPS) is 27.4. The van der Waals surface area contributed by atoms with Gasteiger partial charge in [0, 0.05) is 5.92 Å². The van der Waals surface area contributed by atoms with Gasteiger partial charge in [0.2, 0.25) is 0 Å². The van der Waals surface area contributed by atoms with Crippen LogP contribution in [0.5, 0.6) is 0 Å². The van der Waals surface area contributed by atoms with Gasteiger partial charge >= 0.3 is 0 Å². The summed E-state index contributed by atoms with van der Waals surface area (Å²) in [6.45, 7) is 3.72. The van der Waals surface area contributed by atoms with E-state index in [9.17, 15) is 13.7 Å². The second kappa shape index (κ2) is 5.18. The summed E-state index contributed by atoms with van der Waals surface area (Å²) >= 11 is 0. The summed E-state index contributed by atoms with van der Waals surface area (Å²) in [4.78, 5) is 0.227. The summed E-state index contributed by atoms with van der Waals surface area (Å²) in [5.74, 6) is -0.295.